The Hall–Kier alpha value is -1.47. The lowest BCUT2D eigenvalue weighted by Gasteiger charge is -2.25. The van der Waals surface area contributed by atoms with Crippen LogP contribution in [0.2, 0.25) is 0 Å². The second kappa shape index (κ2) is 9.29. The van der Waals surface area contributed by atoms with Crippen molar-refractivity contribution in [3.05, 3.63) is 46.7 Å². The first-order valence-corrected chi connectivity index (χ1v) is 9.94. The predicted molar refractivity (Wildman–Crippen MR) is 110 cm³/mol. The highest BCUT2D eigenvalue weighted by Crippen LogP contribution is 2.32. The van der Waals surface area contributed by atoms with Crippen molar-refractivity contribution in [2.24, 2.45) is 12.0 Å². The van der Waals surface area contributed by atoms with E-state index in [9.17, 15) is 0 Å². The van der Waals surface area contributed by atoms with Gasteiger partial charge in [-0.2, -0.15) is 5.10 Å². The van der Waals surface area contributed by atoms with Crippen LogP contribution in [0.15, 0.2) is 50.9 Å². The second-order valence-corrected chi connectivity index (χ2v) is 9.01. The van der Waals surface area contributed by atoms with Crippen molar-refractivity contribution in [1.82, 2.24) is 20.4 Å². The van der Waals surface area contributed by atoms with E-state index in [1.54, 1.807) is 6.20 Å². The van der Waals surface area contributed by atoms with Gasteiger partial charge in [0.1, 0.15) is 0 Å². The first-order chi connectivity index (χ1) is 11.9. The van der Waals surface area contributed by atoms with E-state index >= 15 is 0 Å². The van der Waals surface area contributed by atoms with Crippen LogP contribution in [-0.4, -0.2) is 33.6 Å². The Morgan fingerprint density at radius 1 is 1.24 bits per heavy atom. The zero-order chi connectivity index (χ0) is 18.3. The number of aryl methyl sites for hydroxylation is 1. The van der Waals surface area contributed by atoms with Crippen molar-refractivity contribution in [3.8, 4) is 0 Å². The van der Waals surface area contributed by atoms with E-state index in [1.165, 1.54) is 4.90 Å². The quantitative estimate of drug-likeness (QED) is 0.403. The van der Waals surface area contributed by atoms with Crippen molar-refractivity contribution >= 4 is 33.7 Å². The summed E-state index contributed by atoms with van der Waals surface area (Å²) in [5.41, 5.74) is 1.08. The Labute approximate surface area is 162 Å². The lowest BCUT2D eigenvalue weighted by Crippen LogP contribution is -2.43. The van der Waals surface area contributed by atoms with Crippen molar-refractivity contribution in [3.63, 3.8) is 0 Å². The van der Waals surface area contributed by atoms with E-state index in [1.807, 2.05) is 29.6 Å². The molecular weight excluding hydrogens is 398 g/mol. The Kier molecular flexibility index (Phi) is 7.38. The van der Waals surface area contributed by atoms with Gasteiger partial charge in [-0.3, -0.25) is 4.68 Å². The van der Waals surface area contributed by atoms with Crippen molar-refractivity contribution in [1.29, 1.82) is 0 Å². The summed E-state index contributed by atoms with van der Waals surface area (Å²) in [5.74, 6) is 0.827. The van der Waals surface area contributed by atoms with E-state index in [-0.39, 0.29) is 4.75 Å². The minimum Gasteiger partial charge on any atom is -0.357 e. The summed E-state index contributed by atoms with van der Waals surface area (Å²) in [7, 11) is 1.93. The van der Waals surface area contributed by atoms with Gasteiger partial charge in [0, 0.05) is 40.4 Å². The number of aliphatic imine (C=N–C) groups is 1. The molecule has 0 bridgehead atoms. The smallest absolute Gasteiger partial charge is 0.191 e. The molecule has 136 valence electrons. The van der Waals surface area contributed by atoms with Gasteiger partial charge in [-0.15, -0.1) is 11.8 Å². The monoisotopic (exact) mass is 423 g/mol. The highest BCUT2D eigenvalue weighted by Gasteiger charge is 2.20. The van der Waals surface area contributed by atoms with Crippen LogP contribution in [0, 0.1) is 0 Å². The molecule has 1 aromatic heterocycles. The van der Waals surface area contributed by atoms with E-state index < -0.39 is 0 Å². The van der Waals surface area contributed by atoms with Crippen LogP contribution in [-0.2, 0) is 13.6 Å². The number of hydrogen-bond donors (Lipinski definition) is 2. The molecule has 0 fully saturated rings. The maximum Gasteiger partial charge on any atom is 0.191 e. The minimum absolute atomic E-state index is 0.0382. The number of nitrogens with one attached hydrogen (secondary N) is 2. The molecule has 0 atom stereocenters. The predicted octanol–water partition coefficient (Wildman–Crippen LogP) is 3.81. The fraction of sp³-hybridized carbons (Fsp3) is 0.444. The Morgan fingerprint density at radius 3 is 2.56 bits per heavy atom. The summed E-state index contributed by atoms with van der Waals surface area (Å²) < 4.78 is 2.99. The summed E-state index contributed by atoms with van der Waals surface area (Å²) in [6, 6.07) is 10.4. The van der Waals surface area contributed by atoms with Crippen LogP contribution in [0.3, 0.4) is 0 Å². The molecular formula is C18H26BrN5S. The van der Waals surface area contributed by atoms with E-state index in [0.717, 1.165) is 29.2 Å². The van der Waals surface area contributed by atoms with Gasteiger partial charge in [-0.1, -0.05) is 15.9 Å². The number of rotatable bonds is 7. The van der Waals surface area contributed by atoms with Gasteiger partial charge in [0.25, 0.3) is 0 Å². The molecule has 2 N–H and O–H groups in total. The van der Waals surface area contributed by atoms with Gasteiger partial charge in [0.05, 0.1) is 12.2 Å². The number of halogens is 1. The highest BCUT2D eigenvalue weighted by atomic mass is 79.9. The lowest BCUT2D eigenvalue weighted by molar-refractivity contribution is 0.660. The van der Waals surface area contributed by atoms with E-state index in [4.69, 9.17) is 0 Å². The van der Waals surface area contributed by atoms with Gasteiger partial charge in [0.15, 0.2) is 5.96 Å². The number of nitrogens with zero attached hydrogens (tertiary/aromatic N) is 3. The lowest BCUT2D eigenvalue weighted by atomic mass is 10.2. The topological polar surface area (TPSA) is 54.2 Å². The van der Waals surface area contributed by atoms with E-state index in [2.05, 4.69) is 81.7 Å². The zero-order valence-corrected chi connectivity index (χ0v) is 17.6. The van der Waals surface area contributed by atoms with Crippen molar-refractivity contribution < 1.29 is 0 Å². The normalized spacial score (nSPS) is 12.3. The maximum absolute atomic E-state index is 4.66. The zero-order valence-electron chi connectivity index (χ0n) is 15.2. The van der Waals surface area contributed by atoms with Gasteiger partial charge in [0.2, 0.25) is 0 Å². The molecule has 25 heavy (non-hydrogen) atoms. The standard InChI is InChI=1S/C18H26BrN5S/c1-5-20-17(21-12-15-10-11-23-24(15)4)22-13-18(2,3)25-16-8-6-14(19)7-9-16/h6-11H,5,12-13H2,1-4H3,(H2,20,21,22). The average Bonchev–Trinajstić information content (AvgIpc) is 2.97. The molecule has 0 aliphatic heterocycles. The highest BCUT2D eigenvalue weighted by molar-refractivity contribution is 9.10. The Bertz CT molecular complexity index is 694. The number of benzene rings is 1. The molecule has 2 rings (SSSR count). The van der Waals surface area contributed by atoms with Gasteiger partial charge in [-0.05, 0) is 51.1 Å². The molecule has 1 heterocycles. The van der Waals surface area contributed by atoms with Gasteiger partial charge in [-0.25, -0.2) is 4.99 Å². The van der Waals surface area contributed by atoms with Crippen LogP contribution in [0.25, 0.3) is 0 Å². The molecule has 2 aromatic rings. The molecule has 5 nitrogen and oxygen atoms in total. The number of hydrogen-bond acceptors (Lipinski definition) is 3. The van der Waals surface area contributed by atoms with E-state index in [0.29, 0.717) is 6.54 Å². The summed E-state index contributed by atoms with van der Waals surface area (Å²) in [6.45, 7) is 8.78. The van der Waals surface area contributed by atoms with Crippen LogP contribution in [0.1, 0.15) is 26.5 Å². The van der Waals surface area contributed by atoms with Gasteiger partial charge >= 0.3 is 0 Å². The van der Waals surface area contributed by atoms with Crippen LogP contribution >= 0.6 is 27.7 Å². The van der Waals surface area contributed by atoms with Crippen LogP contribution in [0.5, 0.6) is 0 Å². The molecule has 0 aliphatic rings. The fourth-order valence-electron chi connectivity index (χ4n) is 2.21. The number of guanidine groups is 1. The average molecular weight is 424 g/mol. The molecule has 0 saturated carbocycles. The minimum atomic E-state index is 0.0382. The summed E-state index contributed by atoms with van der Waals surface area (Å²) in [4.78, 5) is 5.91. The molecule has 0 radical (unpaired) electrons. The van der Waals surface area contributed by atoms with Crippen LogP contribution < -0.4 is 10.6 Å². The Balaban J connectivity index is 1.94. The van der Waals surface area contributed by atoms with Gasteiger partial charge < -0.3 is 10.6 Å². The molecule has 7 heteroatoms. The third-order valence-electron chi connectivity index (χ3n) is 3.56. The summed E-state index contributed by atoms with van der Waals surface area (Å²) in [6.07, 6.45) is 1.79. The molecule has 1 aromatic carbocycles. The first kappa shape index (κ1) is 19.8. The van der Waals surface area contributed by atoms with Crippen molar-refractivity contribution in [2.75, 3.05) is 13.1 Å². The third-order valence-corrected chi connectivity index (χ3v) is 5.29. The number of aromatic nitrogens is 2. The number of thioether (sulfide) groups is 1. The molecule has 0 saturated heterocycles. The largest absolute Gasteiger partial charge is 0.357 e. The molecule has 0 spiro atoms. The molecule has 0 amide bonds. The summed E-state index contributed by atoms with van der Waals surface area (Å²) >= 11 is 5.33. The summed E-state index contributed by atoms with van der Waals surface area (Å²) in [5, 5.41) is 10.9. The fourth-order valence-corrected chi connectivity index (χ4v) is 3.53. The maximum atomic E-state index is 4.66. The SMILES string of the molecule is CCNC(=NCc1ccnn1C)NCC(C)(C)Sc1ccc(Br)cc1. The van der Waals surface area contributed by atoms with Crippen molar-refractivity contribution in [2.45, 2.75) is 37.0 Å². The molecule has 0 aliphatic carbocycles. The Morgan fingerprint density at radius 2 is 1.96 bits per heavy atom. The second-order valence-electron chi connectivity index (χ2n) is 6.31. The third kappa shape index (κ3) is 6.74. The molecule has 0 unspecified atom stereocenters. The first-order valence-electron chi connectivity index (χ1n) is 8.33. The van der Waals surface area contributed by atoms with Crippen LogP contribution in [0.4, 0.5) is 0 Å².